The van der Waals surface area contributed by atoms with Crippen LogP contribution in [-0.4, -0.2) is 37.1 Å². The van der Waals surface area contributed by atoms with Gasteiger partial charge in [-0.3, -0.25) is 4.79 Å². The molecule has 1 aliphatic rings. The highest BCUT2D eigenvalue weighted by atomic mass is 35.5. The van der Waals surface area contributed by atoms with Gasteiger partial charge in [-0.2, -0.15) is 0 Å². The maximum atomic E-state index is 12.2. The van der Waals surface area contributed by atoms with Crippen LogP contribution in [0.25, 0.3) is 0 Å². The molecule has 0 saturated carbocycles. The standard InChI is InChI=1S/C14H16ClNO2S/c1-2-9-18-10-11-5-7-16(8-6-11)14(17)12-3-4-13(15)19-12/h1,3-4,11H,5-10H2. The minimum absolute atomic E-state index is 0.0832. The molecule has 0 N–H and O–H groups in total. The number of carbonyl (C=O) groups excluding carboxylic acids is 1. The first-order chi connectivity index (χ1) is 9.20. The Morgan fingerprint density at radius 1 is 1.53 bits per heavy atom. The minimum Gasteiger partial charge on any atom is -0.369 e. The normalized spacial score (nSPS) is 16.3. The van der Waals surface area contributed by atoms with Crippen molar-refractivity contribution < 1.29 is 9.53 Å². The van der Waals surface area contributed by atoms with Crippen molar-refractivity contribution in [3.8, 4) is 12.3 Å². The lowest BCUT2D eigenvalue weighted by Crippen LogP contribution is -2.39. The number of rotatable bonds is 4. The van der Waals surface area contributed by atoms with Crippen LogP contribution in [0.15, 0.2) is 12.1 Å². The molecule has 0 aliphatic carbocycles. The molecular weight excluding hydrogens is 282 g/mol. The lowest BCUT2D eigenvalue weighted by Gasteiger charge is -2.31. The van der Waals surface area contributed by atoms with E-state index >= 15 is 0 Å². The topological polar surface area (TPSA) is 29.5 Å². The van der Waals surface area contributed by atoms with E-state index in [1.807, 2.05) is 4.90 Å². The first-order valence-corrected chi connectivity index (χ1v) is 7.46. The first-order valence-electron chi connectivity index (χ1n) is 6.26. The molecule has 0 spiro atoms. The number of hydrogen-bond donors (Lipinski definition) is 0. The molecule has 3 nitrogen and oxygen atoms in total. The third-order valence-corrected chi connectivity index (χ3v) is 4.44. The third kappa shape index (κ3) is 3.97. The maximum absolute atomic E-state index is 12.2. The van der Waals surface area contributed by atoms with Crippen LogP contribution < -0.4 is 0 Å². The summed E-state index contributed by atoms with van der Waals surface area (Å²) in [6.07, 6.45) is 7.07. The fraction of sp³-hybridized carbons (Fsp3) is 0.500. The lowest BCUT2D eigenvalue weighted by atomic mass is 9.98. The summed E-state index contributed by atoms with van der Waals surface area (Å²) in [7, 11) is 0. The lowest BCUT2D eigenvalue weighted by molar-refractivity contribution is 0.0586. The van der Waals surface area contributed by atoms with Gasteiger partial charge in [-0.25, -0.2) is 0 Å². The van der Waals surface area contributed by atoms with Crippen molar-refractivity contribution in [2.24, 2.45) is 5.92 Å². The Balaban J connectivity index is 1.80. The zero-order valence-electron chi connectivity index (χ0n) is 10.6. The van der Waals surface area contributed by atoms with E-state index in [4.69, 9.17) is 22.8 Å². The molecule has 0 aromatic carbocycles. The van der Waals surface area contributed by atoms with Crippen LogP contribution in [0.4, 0.5) is 0 Å². The van der Waals surface area contributed by atoms with Gasteiger partial charge in [-0.05, 0) is 30.9 Å². The Labute approximate surface area is 122 Å². The molecule has 1 aromatic rings. The fourth-order valence-corrected chi connectivity index (χ4v) is 3.18. The van der Waals surface area contributed by atoms with E-state index in [0.717, 1.165) is 25.9 Å². The van der Waals surface area contributed by atoms with Crippen molar-refractivity contribution in [3.05, 3.63) is 21.3 Å². The summed E-state index contributed by atoms with van der Waals surface area (Å²) in [4.78, 5) is 14.8. The molecule has 0 unspecified atom stereocenters. The Morgan fingerprint density at radius 3 is 2.84 bits per heavy atom. The van der Waals surface area contributed by atoms with Gasteiger partial charge < -0.3 is 9.64 Å². The largest absolute Gasteiger partial charge is 0.369 e. The Kier molecular flexibility index (Phi) is 5.26. The zero-order valence-corrected chi connectivity index (χ0v) is 12.2. The minimum atomic E-state index is 0.0832. The molecular formula is C14H16ClNO2S. The molecule has 0 bridgehead atoms. The summed E-state index contributed by atoms with van der Waals surface area (Å²) in [6, 6.07) is 3.55. The van der Waals surface area contributed by atoms with E-state index < -0.39 is 0 Å². The second-order valence-corrected chi connectivity index (χ2v) is 6.27. The van der Waals surface area contributed by atoms with E-state index in [-0.39, 0.29) is 5.91 Å². The molecule has 19 heavy (non-hydrogen) atoms. The molecule has 1 fully saturated rings. The molecule has 102 valence electrons. The average Bonchev–Trinajstić information content (AvgIpc) is 2.86. The molecule has 0 radical (unpaired) electrons. The van der Waals surface area contributed by atoms with Crippen molar-refractivity contribution >= 4 is 28.8 Å². The van der Waals surface area contributed by atoms with Gasteiger partial charge >= 0.3 is 0 Å². The second-order valence-electron chi connectivity index (χ2n) is 4.56. The van der Waals surface area contributed by atoms with Gasteiger partial charge in [-0.1, -0.05) is 17.5 Å². The van der Waals surface area contributed by atoms with Gasteiger partial charge in [0.2, 0.25) is 0 Å². The van der Waals surface area contributed by atoms with Crippen LogP contribution >= 0.6 is 22.9 Å². The van der Waals surface area contributed by atoms with Crippen LogP contribution in [0.3, 0.4) is 0 Å². The van der Waals surface area contributed by atoms with E-state index in [1.54, 1.807) is 12.1 Å². The SMILES string of the molecule is C#CCOCC1CCN(C(=O)c2ccc(Cl)s2)CC1. The summed E-state index contributed by atoms with van der Waals surface area (Å²) >= 11 is 7.19. The second kappa shape index (κ2) is 6.95. The number of terminal acetylenes is 1. The highest BCUT2D eigenvalue weighted by molar-refractivity contribution is 7.17. The van der Waals surface area contributed by atoms with Gasteiger partial charge in [0.15, 0.2) is 0 Å². The number of likely N-dealkylation sites (tertiary alicyclic amines) is 1. The number of hydrogen-bond acceptors (Lipinski definition) is 3. The number of halogens is 1. The third-order valence-electron chi connectivity index (χ3n) is 3.22. The van der Waals surface area contributed by atoms with Crippen molar-refractivity contribution in [1.29, 1.82) is 0 Å². The highest BCUT2D eigenvalue weighted by Gasteiger charge is 2.24. The molecule has 1 saturated heterocycles. The maximum Gasteiger partial charge on any atom is 0.263 e. The highest BCUT2D eigenvalue weighted by Crippen LogP contribution is 2.25. The molecule has 0 atom stereocenters. The summed E-state index contributed by atoms with van der Waals surface area (Å²) < 4.78 is 6.00. The average molecular weight is 298 g/mol. The van der Waals surface area contributed by atoms with E-state index in [9.17, 15) is 4.79 Å². The van der Waals surface area contributed by atoms with Gasteiger partial charge in [0.05, 0.1) is 15.8 Å². The number of carbonyl (C=O) groups is 1. The fourth-order valence-electron chi connectivity index (χ4n) is 2.17. The Hall–Kier alpha value is -1.02. The number of nitrogens with zero attached hydrogens (tertiary/aromatic N) is 1. The number of thiophene rings is 1. The van der Waals surface area contributed by atoms with Gasteiger partial charge in [0.1, 0.15) is 6.61 Å². The van der Waals surface area contributed by atoms with Crippen molar-refractivity contribution in [2.75, 3.05) is 26.3 Å². The van der Waals surface area contributed by atoms with Crippen LogP contribution in [0.5, 0.6) is 0 Å². The smallest absolute Gasteiger partial charge is 0.263 e. The van der Waals surface area contributed by atoms with Crippen LogP contribution in [0, 0.1) is 18.3 Å². The molecule has 2 rings (SSSR count). The summed E-state index contributed by atoms with van der Waals surface area (Å²) in [5, 5.41) is 0. The van der Waals surface area contributed by atoms with Gasteiger partial charge in [0, 0.05) is 13.1 Å². The summed E-state index contributed by atoms with van der Waals surface area (Å²) in [5.41, 5.74) is 0. The monoisotopic (exact) mass is 297 g/mol. The molecule has 1 amide bonds. The van der Waals surface area contributed by atoms with Crippen molar-refractivity contribution in [1.82, 2.24) is 4.90 Å². The van der Waals surface area contributed by atoms with E-state index in [0.29, 0.717) is 28.3 Å². The summed E-state index contributed by atoms with van der Waals surface area (Å²) in [5.74, 6) is 3.05. The number of piperidine rings is 1. The quantitative estimate of drug-likeness (QED) is 0.632. The van der Waals surface area contributed by atoms with Crippen LogP contribution in [-0.2, 0) is 4.74 Å². The zero-order chi connectivity index (χ0) is 13.7. The van der Waals surface area contributed by atoms with Crippen LogP contribution in [0.2, 0.25) is 4.34 Å². The number of ether oxygens (including phenoxy) is 1. The Morgan fingerprint density at radius 2 is 2.26 bits per heavy atom. The molecule has 1 aliphatic heterocycles. The van der Waals surface area contributed by atoms with Crippen molar-refractivity contribution in [2.45, 2.75) is 12.8 Å². The molecule has 1 aromatic heterocycles. The molecule has 5 heteroatoms. The first kappa shape index (κ1) is 14.4. The summed E-state index contributed by atoms with van der Waals surface area (Å²) in [6.45, 7) is 2.61. The predicted molar refractivity (Wildman–Crippen MR) is 77.6 cm³/mol. The van der Waals surface area contributed by atoms with Crippen molar-refractivity contribution in [3.63, 3.8) is 0 Å². The Bertz CT molecular complexity index is 472. The van der Waals surface area contributed by atoms with Gasteiger partial charge in [-0.15, -0.1) is 17.8 Å². The van der Waals surface area contributed by atoms with Crippen LogP contribution in [0.1, 0.15) is 22.5 Å². The predicted octanol–water partition coefficient (Wildman–Crippen LogP) is 2.90. The van der Waals surface area contributed by atoms with E-state index in [2.05, 4.69) is 5.92 Å². The number of amides is 1. The van der Waals surface area contributed by atoms with Gasteiger partial charge in [0.25, 0.3) is 5.91 Å². The molecule has 2 heterocycles. The van der Waals surface area contributed by atoms with E-state index in [1.165, 1.54) is 11.3 Å².